The van der Waals surface area contributed by atoms with Gasteiger partial charge in [-0.3, -0.25) is 9.89 Å². The SMILES string of the molecule is C[C@@H](OC(=O)c1oc2ccccc2c1CSc1ncn[nH]1)C(=O)Nc1ccc(S(=O)(=O)Nc2ncccn2)cc1. The topological polar surface area (TPSA) is 182 Å². The van der Waals surface area contributed by atoms with E-state index < -0.39 is 28.0 Å². The highest BCUT2D eigenvalue weighted by atomic mass is 32.2. The maximum atomic E-state index is 13.0. The number of H-pyrrole nitrogens is 1. The van der Waals surface area contributed by atoms with Crippen molar-refractivity contribution in [2.75, 3.05) is 10.0 Å². The second kappa shape index (κ2) is 11.5. The van der Waals surface area contributed by atoms with Gasteiger partial charge in [0, 0.05) is 34.8 Å². The third-order valence-corrected chi connectivity index (χ3v) is 7.75. The molecule has 204 valence electrons. The van der Waals surface area contributed by atoms with Crippen LogP contribution in [0.3, 0.4) is 0 Å². The van der Waals surface area contributed by atoms with E-state index in [-0.39, 0.29) is 16.6 Å². The number of aromatic amines is 1. The van der Waals surface area contributed by atoms with Crippen LogP contribution in [0.1, 0.15) is 23.0 Å². The molecule has 0 aliphatic carbocycles. The first-order valence-electron chi connectivity index (χ1n) is 11.7. The maximum absolute atomic E-state index is 13.0. The molecule has 0 bridgehead atoms. The number of nitrogens with zero attached hydrogens (tertiary/aromatic N) is 4. The van der Waals surface area contributed by atoms with Crippen LogP contribution < -0.4 is 10.0 Å². The number of carbonyl (C=O) groups is 2. The van der Waals surface area contributed by atoms with Gasteiger partial charge in [0.25, 0.3) is 15.9 Å². The Kier molecular flexibility index (Phi) is 7.75. The van der Waals surface area contributed by atoms with Gasteiger partial charge < -0.3 is 14.5 Å². The first-order chi connectivity index (χ1) is 19.3. The number of furan rings is 1. The van der Waals surface area contributed by atoms with Crippen LogP contribution in [0, 0.1) is 0 Å². The highest BCUT2D eigenvalue weighted by Crippen LogP contribution is 2.31. The number of hydrogen-bond acceptors (Lipinski definition) is 11. The molecule has 3 N–H and O–H groups in total. The number of thioether (sulfide) groups is 1. The minimum atomic E-state index is -3.93. The van der Waals surface area contributed by atoms with Crippen LogP contribution in [0.4, 0.5) is 11.6 Å². The van der Waals surface area contributed by atoms with E-state index in [1.54, 1.807) is 18.2 Å². The number of sulfonamides is 1. The number of carbonyl (C=O) groups excluding carboxylic acids is 2. The van der Waals surface area contributed by atoms with Gasteiger partial charge in [0.1, 0.15) is 11.9 Å². The van der Waals surface area contributed by atoms with E-state index in [4.69, 9.17) is 9.15 Å². The molecule has 15 heteroatoms. The molecule has 0 saturated heterocycles. The summed E-state index contributed by atoms with van der Waals surface area (Å²) in [6.07, 6.45) is 3.01. The summed E-state index contributed by atoms with van der Waals surface area (Å²) >= 11 is 1.33. The average molecular weight is 580 g/mol. The lowest BCUT2D eigenvalue weighted by molar-refractivity contribution is -0.123. The fraction of sp³-hybridized carbons (Fsp3) is 0.120. The van der Waals surface area contributed by atoms with Gasteiger partial charge in [0.05, 0.1) is 4.90 Å². The first kappa shape index (κ1) is 26.8. The number of hydrogen-bond donors (Lipinski definition) is 3. The summed E-state index contributed by atoms with van der Waals surface area (Å²) in [6, 6.07) is 14.2. The fourth-order valence-electron chi connectivity index (χ4n) is 3.57. The minimum Gasteiger partial charge on any atom is -0.449 e. The summed E-state index contributed by atoms with van der Waals surface area (Å²) in [5.41, 5.74) is 1.40. The molecule has 0 saturated carbocycles. The normalized spacial score (nSPS) is 12.1. The van der Waals surface area contributed by atoms with E-state index in [1.807, 2.05) is 12.1 Å². The summed E-state index contributed by atoms with van der Waals surface area (Å²) in [7, 11) is -3.93. The summed E-state index contributed by atoms with van der Waals surface area (Å²) in [5, 5.41) is 10.5. The number of para-hydroxylation sites is 1. The van der Waals surface area contributed by atoms with Crippen LogP contribution in [0.2, 0.25) is 0 Å². The lowest BCUT2D eigenvalue weighted by Crippen LogP contribution is -2.30. The molecular formula is C25H21N7O6S2. The molecule has 0 aliphatic rings. The van der Waals surface area contributed by atoms with Gasteiger partial charge in [-0.1, -0.05) is 30.0 Å². The van der Waals surface area contributed by atoms with Crippen molar-refractivity contribution in [3.05, 3.63) is 84.6 Å². The van der Waals surface area contributed by atoms with Gasteiger partial charge in [-0.2, -0.15) is 5.10 Å². The predicted octanol–water partition coefficient (Wildman–Crippen LogP) is 3.62. The smallest absolute Gasteiger partial charge is 0.375 e. The molecule has 0 unspecified atom stereocenters. The fourth-order valence-corrected chi connectivity index (χ4v) is 5.34. The van der Waals surface area contributed by atoms with Crippen molar-refractivity contribution >= 4 is 56.3 Å². The van der Waals surface area contributed by atoms with E-state index in [0.717, 1.165) is 5.39 Å². The standard InChI is InChI=1S/C25H21N7O6S2/c1-15(22(33)30-16-7-9-17(10-8-16)40(35,36)32-24-26-11-4-12-27-24)37-23(34)21-19(13-39-25-28-14-29-31-25)18-5-2-3-6-20(18)38-21/h2-12,14-15H,13H2,1H3,(H,30,33)(H,26,27,32)(H,28,29,31)/t15-/m1/s1. The van der Waals surface area contributed by atoms with E-state index in [9.17, 15) is 18.0 Å². The zero-order valence-electron chi connectivity index (χ0n) is 20.8. The Balaban J connectivity index is 1.24. The van der Waals surface area contributed by atoms with Crippen LogP contribution in [0.25, 0.3) is 11.0 Å². The van der Waals surface area contributed by atoms with Crippen molar-refractivity contribution in [1.82, 2.24) is 25.1 Å². The zero-order chi connectivity index (χ0) is 28.1. The van der Waals surface area contributed by atoms with Crippen LogP contribution >= 0.6 is 11.8 Å². The second-order valence-electron chi connectivity index (χ2n) is 8.22. The molecule has 0 radical (unpaired) electrons. The Labute approximate surface area is 231 Å². The number of nitrogens with one attached hydrogen (secondary N) is 3. The van der Waals surface area contributed by atoms with Crippen LogP contribution in [0.5, 0.6) is 0 Å². The van der Waals surface area contributed by atoms with Crippen molar-refractivity contribution in [1.29, 1.82) is 0 Å². The Morgan fingerprint density at radius 3 is 2.52 bits per heavy atom. The molecule has 3 heterocycles. The lowest BCUT2D eigenvalue weighted by Gasteiger charge is -2.14. The molecule has 1 atom stereocenters. The van der Waals surface area contributed by atoms with Crippen molar-refractivity contribution in [2.45, 2.75) is 28.8 Å². The molecule has 5 aromatic rings. The highest BCUT2D eigenvalue weighted by Gasteiger charge is 2.26. The maximum Gasteiger partial charge on any atom is 0.375 e. The van der Waals surface area contributed by atoms with Crippen molar-refractivity contribution in [2.24, 2.45) is 0 Å². The molecule has 0 fully saturated rings. The molecule has 13 nitrogen and oxygen atoms in total. The van der Waals surface area contributed by atoms with E-state index in [2.05, 4.69) is 35.2 Å². The Morgan fingerprint density at radius 2 is 1.80 bits per heavy atom. The number of aromatic nitrogens is 5. The summed E-state index contributed by atoms with van der Waals surface area (Å²) in [5.74, 6) is -1.16. The number of benzene rings is 2. The molecule has 5 rings (SSSR count). The highest BCUT2D eigenvalue weighted by molar-refractivity contribution is 7.98. The summed E-state index contributed by atoms with van der Waals surface area (Å²) < 4.78 is 38.6. The number of ether oxygens (including phenoxy) is 1. The van der Waals surface area contributed by atoms with Gasteiger partial charge in [0.15, 0.2) is 11.3 Å². The number of fused-ring (bicyclic) bond motifs is 1. The number of anilines is 2. The zero-order valence-corrected chi connectivity index (χ0v) is 22.4. The molecule has 40 heavy (non-hydrogen) atoms. The Bertz CT molecular complexity index is 1740. The Hall–Kier alpha value is -4.76. The minimum absolute atomic E-state index is 0.0164. The Morgan fingerprint density at radius 1 is 1.05 bits per heavy atom. The van der Waals surface area contributed by atoms with Crippen LogP contribution in [0.15, 0.2) is 87.8 Å². The summed E-state index contributed by atoms with van der Waals surface area (Å²) in [4.78, 5) is 37.5. The molecule has 0 spiro atoms. The van der Waals surface area contributed by atoms with E-state index in [0.29, 0.717) is 27.7 Å². The lowest BCUT2D eigenvalue weighted by atomic mass is 10.1. The van der Waals surface area contributed by atoms with E-state index >= 15 is 0 Å². The van der Waals surface area contributed by atoms with Crippen molar-refractivity contribution in [3.63, 3.8) is 0 Å². The van der Waals surface area contributed by atoms with Gasteiger partial charge in [-0.05, 0) is 43.3 Å². The van der Waals surface area contributed by atoms with Crippen molar-refractivity contribution in [3.8, 4) is 0 Å². The average Bonchev–Trinajstić information content (AvgIpc) is 3.60. The molecule has 3 aromatic heterocycles. The number of amides is 1. The number of rotatable bonds is 10. The second-order valence-corrected chi connectivity index (χ2v) is 10.9. The third-order valence-electron chi connectivity index (χ3n) is 5.51. The van der Waals surface area contributed by atoms with E-state index in [1.165, 1.54) is 61.7 Å². The predicted molar refractivity (Wildman–Crippen MR) is 145 cm³/mol. The monoisotopic (exact) mass is 579 g/mol. The van der Waals surface area contributed by atoms with Crippen molar-refractivity contribution < 1.29 is 27.2 Å². The molecule has 1 amide bonds. The largest absolute Gasteiger partial charge is 0.449 e. The van der Waals surface area contributed by atoms with Crippen LogP contribution in [-0.2, 0) is 25.3 Å². The number of esters is 1. The third kappa shape index (κ3) is 6.10. The summed E-state index contributed by atoms with van der Waals surface area (Å²) in [6.45, 7) is 1.42. The first-order valence-corrected chi connectivity index (χ1v) is 14.2. The van der Waals surface area contributed by atoms with Gasteiger partial charge in [0.2, 0.25) is 11.7 Å². The van der Waals surface area contributed by atoms with Gasteiger partial charge >= 0.3 is 5.97 Å². The van der Waals surface area contributed by atoms with Gasteiger partial charge in [-0.25, -0.2) is 32.9 Å². The molecular weight excluding hydrogens is 558 g/mol. The molecule has 2 aromatic carbocycles. The quantitative estimate of drug-likeness (QED) is 0.162. The van der Waals surface area contributed by atoms with Crippen LogP contribution in [-0.4, -0.2) is 51.5 Å². The van der Waals surface area contributed by atoms with Gasteiger partial charge in [-0.15, -0.1) is 0 Å². The molecule has 0 aliphatic heterocycles.